The van der Waals surface area contributed by atoms with Crippen molar-refractivity contribution in [3.63, 3.8) is 0 Å². The molecule has 1 atom stereocenters. The van der Waals surface area contributed by atoms with Gasteiger partial charge in [-0.05, 0) is 12.1 Å². The van der Waals surface area contributed by atoms with Crippen molar-refractivity contribution in [2.75, 3.05) is 33.4 Å². The molecule has 1 aromatic carbocycles. The van der Waals surface area contributed by atoms with Crippen LogP contribution in [0.2, 0.25) is 0 Å². The van der Waals surface area contributed by atoms with Gasteiger partial charge in [-0.25, -0.2) is 0 Å². The molecule has 100 valence electrons. The van der Waals surface area contributed by atoms with E-state index in [1.165, 1.54) is 0 Å². The van der Waals surface area contributed by atoms with Crippen molar-refractivity contribution in [3.8, 4) is 5.75 Å². The lowest BCUT2D eigenvalue weighted by molar-refractivity contribution is -0.0552. The molecule has 1 heterocycles. The van der Waals surface area contributed by atoms with Crippen molar-refractivity contribution >= 4 is 15.9 Å². The van der Waals surface area contributed by atoms with E-state index in [1.807, 2.05) is 12.1 Å². The maximum atomic E-state index is 9.13. The van der Waals surface area contributed by atoms with E-state index >= 15 is 0 Å². The molecule has 0 amide bonds. The van der Waals surface area contributed by atoms with Crippen LogP contribution in [0.1, 0.15) is 5.56 Å². The Morgan fingerprint density at radius 1 is 1.56 bits per heavy atom. The van der Waals surface area contributed by atoms with E-state index in [2.05, 4.69) is 26.9 Å². The van der Waals surface area contributed by atoms with Crippen LogP contribution < -0.4 is 4.74 Å². The molecular formula is C13H18BrNO3. The Morgan fingerprint density at radius 2 is 2.39 bits per heavy atom. The number of hydrogen-bond acceptors (Lipinski definition) is 4. The first kappa shape index (κ1) is 13.8. The molecular weight excluding hydrogens is 298 g/mol. The molecule has 1 fully saturated rings. The van der Waals surface area contributed by atoms with Crippen LogP contribution in [0.5, 0.6) is 5.75 Å². The van der Waals surface area contributed by atoms with Crippen LogP contribution in [-0.4, -0.2) is 49.5 Å². The first-order valence-electron chi connectivity index (χ1n) is 6.00. The monoisotopic (exact) mass is 315 g/mol. The third-order valence-corrected chi connectivity index (χ3v) is 3.56. The number of aliphatic hydroxyl groups is 1. The van der Waals surface area contributed by atoms with E-state index < -0.39 is 0 Å². The van der Waals surface area contributed by atoms with E-state index in [9.17, 15) is 0 Å². The van der Waals surface area contributed by atoms with Crippen LogP contribution in [0.25, 0.3) is 0 Å². The maximum absolute atomic E-state index is 9.13. The van der Waals surface area contributed by atoms with Crippen molar-refractivity contribution in [1.29, 1.82) is 0 Å². The Morgan fingerprint density at radius 3 is 3.11 bits per heavy atom. The summed E-state index contributed by atoms with van der Waals surface area (Å²) in [5.41, 5.74) is 1.15. The Kier molecular flexibility index (Phi) is 5.00. The number of hydrogen-bond donors (Lipinski definition) is 1. The topological polar surface area (TPSA) is 41.9 Å². The number of benzene rings is 1. The maximum Gasteiger partial charge on any atom is 0.124 e. The van der Waals surface area contributed by atoms with Gasteiger partial charge in [0, 0.05) is 29.7 Å². The summed E-state index contributed by atoms with van der Waals surface area (Å²) in [5.74, 6) is 0.886. The first-order chi connectivity index (χ1) is 8.72. The fraction of sp³-hybridized carbons (Fsp3) is 0.538. The van der Waals surface area contributed by atoms with Gasteiger partial charge in [-0.1, -0.05) is 22.0 Å². The Balaban J connectivity index is 2.04. The minimum atomic E-state index is -0.0693. The zero-order valence-electron chi connectivity index (χ0n) is 10.4. The van der Waals surface area contributed by atoms with Crippen LogP contribution >= 0.6 is 15.9 Å². The van der Waals surface area contributed by atoms with E-state index in [-0.39, 0.29) is 12.7 Å². The standard InChI is InChI=1S/C13H18BrNO3/c1-17-13-6-11(14)3-2-10(13)7-15-4-5-18-12(8-15)9-16/h2-3,6,12,16H,4-5,7-9H2,1H3. The summed E-state index contributed by atoms with van der Waals surface area (Å²) in [7, 11) is 1.68. The highest BCUT2D eigenvalue weighted by Gasteiger charge is 2.20. The van der Waals surface area contributed by atoms with E-state index in [1.54, 1.807) is 7.11 Å². The molecule has 1 saturated heterocycles. The molecule has 1 unspecified atom stereocenters. The van der Waals surface area contributed by atoms with Crippen molar-refractivity contribution in [2.45, 2.75) is 12.6 Å². The van der Waals surface area contributed by atoms with Gasteiger partial charge in [0.15, 0.2) is 0 Å². The Hall–Kier alpha value is -0.620. The molecule has 0 aromatic heterocycles. The van der Waals surface area contributed by atoms with E-state index in [0.29, 0.717) is 6.61 Å². The summed E-state index contributed by atoms with van der Waals surface area (Å²) in [6.45, 7) is 3.21. The molecule has 1 aliphatic heterocycles. The van der Waals surface area contributed by atoms with Crippen molar-refractivity contribution in [1.82, 2.24) is 4.90 Å². The molecule has 4 nitrogen and oxygen atoms in total. The van der Waals surface area contributed by atoms with Crippen molar-refractivity contribution < 1.29 is 14.6 Å². The number of nitrogens with zero attached hydrogens (tertiary/aromatic N) is 1. The summed E-state index contributed by atoms with van der Waals surface area (Å²) in [5, 5.41) is 9.13. The smallest absolute Gasteiger partial charge is 0.124 e. The zero-order valence-corrected chi connectivity index (χ0v) is 12.0. The second-order valence-corrected chi connectivity index (χ2v) is 5.28. The molecule has 1 aromatic rings. The summed E-state index contributed by atoms with van der Waals surface area (Å²) < 4.78 is 11.8. The van der Waals surface area contributed by atoms with Gasteiger partial charge in [0.05, 0.1) is 26.4 Å². The second kappa shape index (κ2) is 6.52. The van der Waals surface area contributed by atoms with Crippen LogP contribution in [0.3, 0.4) is 0 Å². The van der Waals surface area contributed by atoms with Crippen molar-refractivity contribution in [2.24, 2.45) is 0 Å². The van der Waals surface area contributed by atoms with Crippen LogP contribution in [0.15, 0.2) is 22.7 Å². The van der Waals surface area contributed by atoms with Gasteiger partial charge < -0.3 is 14.6 Å². The van der Waals surface area contributed by atoms with Crippen LogP contribution in [0, 0.1) is 0 Å². The van der Waals surface area contributed by atoms with Gasteiger partial charge in [-0.15, -0.1) is 0 Å². The number of morpholine rings is 1. The Bertz CT molecular complexity index is 400. The fourth-order valence-electron chi connectivity index (χ4n) is 2.12. The molecule has 1 aliphatic rings. The van der Waals surface area contributed by atoms with Crippen LogP contribution in [0.4, 0.5) is 0 Å². The van der Waals surface area contributed by atoms with Crippen molar-refractivity contribution in [3.05, 3.63) is 28.2 Å². The number of halogens is 1. The molecule has 2 rings (SSSR count). The SMILES string of the molecule is COc1cc(Br)ccc1CN1CCOC(CO)C1. The predicted molar refractivity (Wildman–Crippen MR) is 72.8 cm³/mol. The van der Waals surface area contributed by atoms with Gasteiger partial charge in [0.1, 0.15) is 5.75 Å². The molecule has 1 N–H and O–H groups in total. The highest BCUT2D eigenvalue weighted by Crippen LogP contribution is 2.25. The summed E-state index contributed by atoms with van der Waals surface area (Å²) in [4.78, 5) is 2.27. The number of aliphatic hydroxyl groups excluding tert-OH is 1. The molecule has 0 radical (unpaired) electrons. The summed E-state index contributed by atoms with van der Waals surface area (Å²) in [6.07, 6.45) is -0.0693. The highest BCUT2D eigenvalue weighted by atomic mass is 79.9. The fourth-order valence-corrected chi connectivity index (χ4v) is 2.46. The lowest BCUT2D eigenvalue weighted by Gasteiger charge is -2.32. The predicted octanol–water partition coefficient (Wildman–Crippen LogP) is 1.65. The minimum absolute atomic E-state index is 0.0693. The molecule has 5 heteroatoms. The minimum Gasteiger partial charge on any atom is -0.496 e. The summed E-state index contributed by atoms with van der Waals surface area (Å²) in [6, 6.07) is 6.05. The molecule has 0 aliphatic carbocycles. The quantitative estimate of drug-likeness (QED) is 0.917. The lowest BCUT2D eigenvalue weighted by Crippen LogP contribution is -2.43. The highest BCUT2D eigenvalue weighted by molar-refractivity contribution is 9.10. The van der Waals surface area contributed by atoms with Crippen LogP contribution in [-0.2, 0) is 11.3 Å². The molecule has 0 bridgehead atoms. The number of ether oxygens (including phenoxy) is 2. The van der Waals surface area contributed by atoms with E-state index in [4.69, 9.17) is 14.6 Å². The normalized spacial score (nSPS) is 20.9. The van der Waals surface area contributed by atoms with E-state index in [0.717, 1.165) is 35.4 Å². The average molecular weight is 316 g/mol. The Labute approximate surface area is 116 Å². The average Bonchev–Trinajstić information content (AvgIpc) is 2.41. The van der Waals surface area contributed by atoms with Gasteiger partial charge >= 0.3 is 0 Å². The third kappa shape index (κ3) is 3.45. The second-order valence-electron chi connectivity index (χ2n) is 4.37. The zero-order chi connectivity index (χ0) is 13.0. The molecule has 18 heavy (non-hydrogen) atoms. The van der Waals surface area contributed by atoms with Gasteiger partial charge in [-0.3, -0.25) is 4.90 Å². The third-order valence-electron chi connectivity index (χ3n) is 3.07. The molecule has 0 saturated carbocycles. The number of rotatable bonds is 4. The largest absolute Gasteiger partial charge is 0.496 e. The van der Waals surface area contributed by atoms with Gasteiger partial charge in [0.2, 0.25) is 0 Å². The first-order valence-corrected chi connectivity index (χ1v) is 6.79. The molecule has 0 spiro atoms. The summed E-state index contributed by atoms with van der Waals surface area (Å²) >= 11 is 3.44. The number of methoxy groups -OCH3 is 1. The van der Waals surface area contributed by atoms with Gasteiger partial charge in [0.25, 0.3) is 0 Å². The van der Waals surface area contributed by atoms with Gasteiger partial charge in [-0.2, -0.15) is 0 Å². The lowest BCUT2D eigenvalue weighted by atomic mass is 10.1.